The highest BCUT2D eigenvalue weighted by Gasteiger charge is 2.16. The Morgan fingerprint density at radius 3 is 2.57 bits per heavy atom. The average Bonchev–Trinajstić information content (AvgIpc) is 2.96. The minimum absolute atomic E-state index is 0.0969. The van der Waals surface area contributed by atoms with E-state index in [0.717, 1.165) is 16.5 Å². The van der Waals surface area contributed by atoms with Crippen molar-refractivity contribution in [2.45, 2.75) is 13.8 Å². The van der Waals surface area contributed by atoms with Crippen molar-refractivity contribution in [3.8, 4) is 0 Å². The third-order valence-electron chi connectivity index (χ3n) is 3.64. The summed E-state index contributed by atoms with van der Waals surface area (Å²) in [6.07, 6.45) is 0. The molecular formula is C19H16O4. The van der Waals surface area contributed by atoms with Gasteiger partial charge in [0.2, 0.25) is 11.5 Å². The predicted molar refractivity (Wildman–Crippen MR) is 86.7 cm³/mol. The second-order valence-electron chi connectivity index (χ2n) is 5.47. The number of Topliss-reactive ketones (excluding diaryl/α,β-unsaturated/α-hetero) is 1. The summed E-state index contributed by atoms with van der Waals surface area (Å²) in [6.45, 7) is 3.52. The molecule has 0 spiro atoms. The van der Waals surface area contributed by atoms with Crippen LogP contribution in [0.2, 0.25) is 0 Å². The van der Waals surface area contributed by atoms with Crippen LogP contribution in [0.1, 0.15) is 32.0 Å². The topological polar surface area (TPSA) is 56.5 Å². The summed E-state index contributed by atoms with van der Waals surface area (Å²) in [4.78, 5) is 24.2. The number of carbonyl (C=O) groups is 2. The lowest BCUT2D eigenvalue weighted by Crippen LogP contribution is -2.14. The number of hydrogen-bond acceptors (Lipinski definition) is 4. The largest absolute Gasteiger partial charge is 0.451 e. The number of benzene rings is 2. The average molecular weight is 308 g/mol. The van der Waals surface area contributed by atoms with Gasteiger partial charge >= 0.3 is 5.97 Å². The Morgan fingerprint density at radius 2 is 1.83 bits per heavy atom. The molecule has 1 aromatic heterocycles. The molecule has 0 radical (unpaired) electrons. The number of para-hydroxylation sites is 1. The summed E-state index contributed by atoms with van der Waals surface area (Å²) >= 11 is 0. The van der Waals surface area contributed by atoms with Crippen molar-refractivity contribution < 1.29 is 18.7 Å². The van der Waals surface area contributed by atoms with E-state index in [-0.39, 0.29) is 18.2 Å². The second kappa shape index (κ2) is 6.08. The third-order valence-corrected chi connectivity index (χ3v) is 3.64. The van der Waals surface area contributed by atoms with Crippen molar-refractivity contribution in [3.63, 3.8) is 0 Å². The number of aryl methyl sites for hydroxylation is 2. The first-order valence-electron chi connectivity index (χ1n) is 7.31. The molecule has 4 heteroatoms. The highest BCUT2D eigenvalue weighted by atomic mass is 16.5. The number of furan rings is 1. The summed E-state index contributed by atoms with van der Waals surface area (Å²) < 4.78 is 10.5. The van der Waals surface area contributed by atoms with Gasteiger partial charge in [-0.15, -0.1) is 0 Å². The molecule has 0 aliphatic carbocycles. The first kappa shape index (κ1) is 15.0. The molecule has 0 N–H and O–H groups in total. The molecule has 0 unspecified atom stereocenters. The van der Waals surface area contributed by atoms with Crippen LogP contribution in [-0.2, 0) is 4.74 Å². The van der Waals surface area contributed by atoms with Gasteiger partial charge in [-0.05, 0) is 31.5 Å². The molecule has 3 aromatic rings. The smallest absolute Gasteiger partial charge is 0.374 e. The van der Waals surface area contributed by atoms with Gasteiger partial charge in [0.1, 0.15) is 5.58 Å². The fraction of sp³-hybridized carbons (Fsp3) is 0.158. The predicted octanol–water partition coefficient (Wildman–Crippen LogP) is 4.09. The van der Waals surface area contributed by atoms with E-state index in [0.29, 0.717) is 11.1 Å². The van der Waals surface area contributed by atoms with Crippen LogP contribution in [-0.4, -0.2) is 18.4 Å². The van der Waals surface area contributed by atoms with Crippen molar-refractivity contribution in [2.75, 3.05) is 6.61 Å². The van der Waals surface area contributed by atoms with Gasteiger partial charge < -0.3 is 9.15 Å². The Kier molecular flexibility index (Phi) is 3.98. The van der Waals surface area contributed by atoms with Crippen LogP contribution in [0.4, 0.5) is 0 Å². The summed E-state index contributed by atoms with van der Waals surface area (Å²) in [5.41, 5.74) is 3.13. The van der Waals surface area contributed by atoms with Gasteiger partial charge in [-0.25, -0.2) is 4.79 Å². The number of fused-ring (bicyclic) bond motifs is 1. The molecule has 0 saturated carbocycles. The van der Waals surface area contributed by atoms with Crippen LogP contribution >= 0.6 is 0 Å². The molecule has 4 nitrogen and oxygen atoms in total. The lowest BCUT2D eigenvalue weighted by molar-refractivity contribution is 0.0446. The van der Waals surface area contributed by atoms with Gasteiger partial charge in [-0.1, -0.05) is 42.0 Å². The van der Waals surface area contributed by atoms with E-state index in [1.54, 1.807) is 18.2 Å². The molecule has 23 heavy (non-hydrogen) atoms. The Morgan fingerprint density at radius 1 is 1.04 bits per heavy atom. The monoisotopic (exact) mass is 308 g/mol. The number of esters is 1. The molecule has 0 amide bonds. The second-order valence-corrected chi connectivity index (χ2v) is 5.47. The fourth-order valence-electron chi connectivity index (χ4n) is 2.49. The number of hydrogen-bond donors (Lipinski definition) is 0. The molecule has 1 heterocycles. The third kappa shape index (κ3) is 3.16. The molecule has 0 atom stereocenters. The van der Waals surface area contributed by atoms with Gasteiger partial charge in [0.25, 0.3) is 0 Å². The summed E-state index contributed by atoms with van der Waals surface area (Å²) in [5.74, 6) is -0.772. The first-order chi connectivity index (χ1) is 11.0. The van der Waals surface area contributed by atoms with Crippen molar-refractivity contribution in [3.05, 3.63) is 71.0 Å². The van der Waals surface area contributed by atoms with Gasteiger partial charge in [0.05, 0.1) is 0 Å². The highest BCUT2D eigenvalue weighted by molar-refractivity contribution is 6.00. The molecule has 2 aromatic carbocycles. The van der Waals surface area contributed by atoms with Crippen molar-refractivity contribution in [2.24, 2.45) is 0 Å². The van der Waals surface area contributed by atoms with E-state index >= 15 is 0 Å². The molecular weight excluding hydrogens is 292 g/mol. The standard InChI is InChI=1S/C19H16O4/c1-12-7-8-15(13(2)9-12)16(20)11-22-19(21)18-10-14-5-3-4-6-17(14)23-18/h3-10H,11H2,1-2H3. The van der Waals surface area contributed by atoms with E-state index < -0.39 is 5.97 Å². The molecule has 0 bridgehead atoms. The number of carbonyl (C=O) groups excluding carboxylic acids is 2. The van der Waals surface area contributed by atoms with Crippen molar-refractivity contribution in [1.29, 1.82) is 0 Å². The van der Waals surface area contributed by atoms with E-state index in [2.05, 4.69) is 0 Å². The normalized spacial score (nSPS) is 10.7. The van der Waals surface area contributed by atoms with Crippen molar-refractivity contribution >= 4 is 22.7 Å². The summed E-state index contributed by atoms with van der Waals surface area (Å²) in [6, 6.07) is 14.4. The maximum Gasteiger partial charge on any atom is 0.374 e. The molecule has 0 saturated heterocycles. The van der Waals surface area contributed by atoms with Gasteiger partial charge in [0, 0.05) is 10.9 Å². The molecule has 0 aliphatic heterocycles. The molecule has 0 fully saturated rings. The Bertz CT molecular complexity index is 856. The van der Waals surface area contributed by atoms with E-state index in [9.17, 15) is 9.59 Å². The van der Waals surface area contributed by atoms with Crippen LogP contribution in [0, 0.1) is 13.8 Å². The van der Waals surface area contributed by atoms with E-state index in [4.69, 9.17) is 9.15 Å². The zero-order valence-electron chi connectivity index (χ0n) is 13.0. The van der Waals surface area contributed by atoms with Crippen molar-refractivity contribution in [1.82, 2.24) is 0 Å². The number of ether oxygens (including phenoxy) is 1. The van der Waals surface area contributed by atoms with E-state index in [1.165, 1.54) is 0 Å². The zero-order valence-corrected chi connectivity index (χ0v) is 13.0. The lowest BCUT2D eigenvalue weighted by atomic mass is 10.0. The van der Waals surface area contributed by atoms with Crippen LogP contribution in [0.5, 0.6) is 0 Å². The van der Waals surface area contributed by atoms with Crippen LogP contribution in [0.15, 0.2) is 52.9 Å². The first-order valence-corrected chi connectivity index (χ1v) is 7.31. The number of rotatable bonds is 4. The minimum Gasteiger partial charge on any atom is -0.451 e. The molecule has 3 rings (SSSR count). The maximum absolute atomic E-state index is 12.2. The summed E-state index contributed by atoms with van der Waals surface area (Å²) in [7, 11) is 0. The number of ketones is 1. The maximum atomic E-state index is 12.2. The lowest BCUT2D eigenvalue weighted by Gasteiger charge is -2.06. The van der Waals surface area contributed by atoms with Crippen LogP contribution < -0.4 is 0 Å². The Balaban J connectivity index is 1.69. The summed E-state index contributed by atoms with van der Waals surface area (Å²) in [5, 5.41) is 0.820. The van der Waals surface area contributed by atoms with Gasteiger partial charge in [-0.2, -0.15) is 0 Å². The molecule has 116 valence electrons. The SMILES string of the molecule is Cc1ccc(C(=O)COC(=O)c2cc3ccccc3o2)c(C)c1. The minimum atomic E-state index is -0.640. The Labute approximate surface area is 133 Å². The molecule has 0 aliphatic rings. The fourth-order valence-corrected chi connectivity index (χ4v) is 2.49. The zero-order chi connectivity index (χ0) is 16.4. The van der Waals surface area contributed by atoms with Crippen LogP contribution in [0.25, 0.3) is 11.0 Å². The highest BCUT2D eigenvalue weighted by Crippen LogP contribution is 2.19. The van der Waals surface area contributed by atoms with E-state index in [1.807, 2.05) is 44.2 Å². The van der Waals surface area contributed by atoms with Gasteiger partial charge in [-0.3, -0.25) is 4.79 Å². The van der Waals surface area contributed by atoms with Gasteiger partial charge in [0.15, 0.2) is 6.61 Å². The quantitative estimate of drug-likeness (QED) is 0.538. The van der Waals surface area contributed by atoms with Crippen LogP contribution in [0.3, 0.4) is 0 Å². The Hall–Kier alpha value is -2.88.